The summed E-state index contributed by atoms with van der Waals surface area (Å²) in [5, 5.41) is 9.37. The summed E-state index contributed by atoms with van der Waals surface area (Å²) in [5.41, 5.74) is 17.2. The van der Waals surface area contributed by atoms with Crippen molar-refractivity contribution in [3.8, 4) is 33.9 Å². The van der Waals surface area contributed by atoms with E-state index in [0.717, 1.165) is 88.8 Å². The Morgan fingerprint density at radius 3 is 1.20 bits per heavy atom. The standard InChI is InChI=1S/C59H43N3O2/c1-34(2)36-16-22-52-44(28-36)46-30-38(18-24-54(46)61(52)40-20-26-58-48(32-40)42-10-5-7-14-56(42)63-58)50-12-9-13-51(60-50)39-19-25-55-47(31-39)45-29-37(35(3)4)17-23-53(45)62(55)41-21-27-59-49(33-41)43-11-6-8-15-57(43)64-59/h5-35H,1-4H3. The minimum atomic E-state index is 0.404. The molecule has 0 N–H and O–H groups in total. The zero-order valence-corrected chi connectivity index (χ0v) is 36.1. The summed E-state index contributed by atoms with van der Waals surface area (Å²) in [5.74, 6) is 0.809. The molecule has 8 aromatic carbocycles. The number of hydrogen-bond donors (Lipinski definition) is 0. The van der Waals surface area contributed by atoms with Gasteiger partial charge in [-0.3, -0.25) is 0 Å². The molecule has 0 saturated heterocycles. The van der Waals surface area contributed by atoms with Gasteiger partial charge in [0.2, 0.25) is 0 Å². The van der Waals surface area contributed by atoms with Crippen molar-refractivity contribution >= 4 is 87.5 Å². The molecular formula is C59H43N3O2. The van der Waals surface area contributed by atoms with Crippen LogP contribution in [0.25, 0.3) is 121 Å². The summed E-state index contributed by atoms with van der Waals surface area (Å²) < 4.78 is 17.2. The summed E-state index contributed by atoms with van der Waals surface area (Å²) in [6.07, 6.45) is 0. The first-order valence-corrected chi connectivity index (χ1v) is 22.3. The molecular weight excluding hydrogens is 783 g/mol. The largest absolute Gasteiger partial charge is 0.456 e. The monoisotopic (exact) mass is 825 g/mol. The van der Waals surface area contributed by atoms with Gasteiger partial charge in [0.15, 0.2) is 0 Å². The van der Waals surface area contributed by atoms with Crippen molar-refractivity contribution in [2.24, 2.45) is 0 Å². The Kier molecular flexibility index (Phi) is 7.92. The Morgan fingerprint density at radius 1 is 0.344 bits per heavy atom. The van der Waals surface area contributed by atoms with E-state index in [1.54, 1.807) is 0 Å². The summed E-state index contributed by atoms with van der Waals surface area (Å²) in [7, 11) is 0. The second-order valence-electron chi connectivity index (χ2n) is 18.0. The van der Waals surface area contributed by atoms with Crippen LogP contribution in [0.2, 0.25) is 0 Å². The van der Waals surface area contributed by atoms with Crippen LogP contribution in [0.15, 0.2) is 185 Å². The predicted octanol–water partition coefficient (Wildman–Crippen LogP) is 16.7. The first-order chi connectivity index (χ1) is 31.3. The first kappa shape index (κ1) is 36.7. The van der Waals surface area contributed by atoms with Gasteiger partial charge in [0.05, 0.1) is 33.5 Å². The normalized spacial score (nSPS) is 12.3. The van der Waals surface area contributed by atoms with Gasteiger partial charge in [-0.1, -0.05) is 94.4 Å². The second kappa shape index (κ2) is 13.8. The molecule has 0 saturated carbocycles. The van der Waals surface area contributed by atoms with Crippen LogP contribution in [0.4, 0.5) is 0 Å². The fourth-order valence-corrected chi connectivity index (χ4v) is 10.1. The lowest BCUT2D eigenvalue weighted by molar-refractivity contribution is 0.668. The highest BCUT2D eigenvalue weighted by Gasteiger charge is 2.20. The van der Waals surface area contributed by atoms with Crippen LogP contribution in [0.3, 0.4) is 0 Å². The Balaban J connectivity index is 0.949. The lowest BCUT2D eigenvalue weighted by Crippen LogP contribution is -1.94. The smallest absolute Gasteiger partial charge is 0.135 e. The third-order valence-electron chi connectivity index (χ3n) is 13.5. The van der Waals surface area contributed by atoms with E-state index in [1.165, 1.54) is 43.7 Å². The first-order valence-electron chi connectivity index (χ1n) is 22.3. The van der Waals surface area contributed by atoms with Crippen LogP contribution in [0, 0.1) is 0 Å². The van der Waals surface area contributed by atoms with Crippen LogP contribution in [0.1, 0.15) is 50.7 Å². The van der Waals surface area contributed by atoms with Crippen molar-refractivity contribution in [1.29, 1.82) is 0 Å². The Morgan fingerprint density at radius 2 is 0.750 bits per heavy atom. The van der Waals surface area contributed by atoms with Gasteiger partial charge in [-0.15, -0.1) is 0 Å². The number of para-hydroxylation sites is 2. The van der Waals surface area contributed by atoms with E-state index in [2.05, 4.69) is 188 Å². The average molecular weight is 826 g/mol. The van der Waals surface area contributed by atoms with Gasteiger partial charge < -0.3 is 18.0 Å². The SMILES string of the molecule is CC(C)c1ccc2c(c1)c1cc(-c3cccc(-c4ccc5c(c4)c4cc(C(C)C)ccc4n5-c4ccc5oc6ccccc6c5c4)n3)ccc1n2-c1ccc2oc3ccccc3c2c1. The molecule has 5 aromatic heterocycles. The molecule has 5 heteroatoms. The highest BCUT2D eigenvalue weighted by molar-refractivity contribution is 6.13. The molecule has 5 nitrogen and oxygen atoms in total. The molecule has 0 atom stereocenters. The number of nitrogens with zero attached hydrogens (tertiary/aromatic N) is 3. The van der Waals surface area contributed by atoms with Crippen molar-refractivity contribution in [1.82, 2.24) is 14.1 Å². The van der Waals surface area contributed by atoms with Gasteiger partial charge in [0, 0.05) is 65.6 Å². The predicted molar refractivity (Wildman–Crippen MR) is 267 cm³/mol. The number of pyridine rings is 1. The van der Waals surface area contributed by atoms with E-state index < -0.39 is 0 Å². The third kappa shape index (κ3) is 5.53. The number of benzene rings is 8. The van der Waals surface area contributed by atoms with Gasteiger partial charge in [0.25, 0.3) is 0 Å². The molecule has 0 aliphatic rings. The second-order valence-corrected chi connectivity index (χ2v) is 18.0. The number of fused-ring (bicyclic) bond motifs is 12. The molecule has 64 heavy (non-hydrogen) atoms. The Bertz CT molecular complexity index is 3780. The molecule has 306 valence electrons. The van der Waals surface area contributed by atoms with E-state index >= 15 is 0 Å². The average Bonchev–Trinajstić information content (AvgIpc) is 4.08. The molecule has 13 aromatic rings. The van der Waals surface area contributed by atoms with Gasteiger partial charge in [-0.25, -0.2) is 4.98 Å². The number of furan rings is 2. The van der Waals surface area contributed by atoms with Crippen LogP contribution in [0.5, 0.6) is 0 Å². The summed E-state index contributed by atoms with van der Waals surface area (Å²) in [6, 6.07) is 63.6. The lowest BCUT2D eigenvalue weighted by Gasteiger charge is -2.10. The van der Waals surface area contributed by atoms with Crippen LogP contribution in [-0.4, -0.2) is 14.1 Å². The maximum absolute atomic E-state index is 6.22. The van der Waals surface area contributed by atoms with Crippen molar-refractivity contribution in [2.75, 3.05) is 0 Å². The van der Waals surface area contributed by atoms with Crippen LogP contribution < -0.4 is 0 Å². The molecule has 0 aliphatic carbocycles. The highest BCUT2D eigenvalue weighted by atomic mass is 16.3. The van der Waals surface area contributed by atoms with Crippen LogP contribution >= 0.6 is 0 Å². The molecule has 0 fully saturated rings. The van der Waals surface area contributed by atoms with E-state index in [-0.39, 0.29) is 0 Å². The summed E-state index contributed by atoms with van der Waals surface area (Å²) in [6.45, 7) is 9.05. The van der Waals surface area contributed by atoms with E-state index in [0.29, 0.717) is 11.8 Å². The molecule has 0 spiro atoms. The van der Waals surface area contributed by atoms with E-state index in [1.807, 2.05) is 24.3 Å². The third-order valence-corrected chi connectivity index (χ3v) is 13.5. The summed E-state index contributed by atoms with van der Waals surface area (Å²) >= 11 is 0. The van der Waals surface area contributed by atoms with Crippen molar-refractivity contribution in [3.63, 3.8) is 0 Å². The van der Waals surface area contributed by atoms with Gasteiger partial charge in [0.1, 0.15) is 22.3 Å². The number of rotatable bonds is 6. The zero-order valence-electron chi connectivity index (χ0n) is 36.1. The lowest BCUT2D eigenvalue weighted by atomic mass is 9.99. The Hall–Kier alpha value is -7.89. The van der Waals surface area contributed by atoms with Crippen LogP contribution in [-0.2, 0) is 0 Å². The molecule has 0 amide bonds. The quantitative estimate of drug-likeness (QED) is 0.168. The topological polar surface area (TPSA) is 49.0 Å². The fraction of sp³-hybridized carbons (Fsp3) is 0.102. The molecule has 0 aliphatic heterocycles. The van der Waals surface area contributed by atoms with E-state index in [4.69, 9.17) is 13.8 Å². The minimum absolute atomic E-state index is 0.404. The maximum Gasteiger partial charge on any atom is 0.135 e. The number of hydrogen-bond acceptors (Lipinski definition) is 3. The fourth-order valence-electron chi connectivity index (χ4n) is 10.1. The van der Waals surface area contributed by atoms with E-state index in [9.17, 15) is 0 Å². The molecule has 0 unspecified atom stereocenters. The molecule has 5 heterocycles. The molecule has 13 rings (SSSR count). The van der Waals surface area contributed by atoms with Gasteiger partial charge in [-0.05, 0) is 132 Å². The summed E-state index contributed by atoms with van der Waals surface area (Å²) in [4.78, 5) is 5.39. The van der Waals surface area contributed by atoms with Crippen molar-refractivity contribution < 1.29 is 8.83 Å². The Labute approximate surface area is 369 Å². The van der Waals surface area contributed by atoms with Gasteiger partial charge >= 0.3 is 0 Å². The zero-order chi connectivity index (χ0) is 42.8. The molecule has 0 bridgehead atoms. The maximum atomic E-state index is 6.22. The van der Waals surface area contributed by atoms with Gasteiger partial charge in [-0.2, -0.15) is 0 Å². The number of aromatic nitrogens is 3. The molecule has 0 radical (unpaired) electrons. The highest BCUT2D eigenvalue weighted by Crippen LogP contribution is 2.41. The minimum Gasteiger partial charge on any atom is -0.456 e. The van der Waals surface area contributed by atoms with Crippen molar-refractivity contribution in [2.45, 2.75) is 39.5 Å². The van der Waals surface area contributed by atoms with Crippen molar-refractivity contribution in [3.05, 3.63) is 187 Å².